The fourth-order valence-electron chi connectivity index (χ4n) is 1.26. The van der Waals surface area contributed by atoms with E-state index in [-0.39, 0.29) is 16.4 Å². The standard InChI is InChI=1S/C8H9N5O4S/c1-13-4-6(18(9,15)16)7(11-13)10-8(14)5-2-3-17-12-5/h2-4H,1H3,(H2,9,15,16)(H,10,11,14). The Morgan fingerprint density at radius 1 is 1.56 bits per heavy atom. The summed E-state index contributed by atoms with van der Waals surface area (Å²) < 4.78 is 28.3. The van der Waals surface area contributed by atoms with Crippen LogP contribution in [0.4, 0.5) is 5.82 Å². The molecule has 0 atom stereocenters. The fraction of sp³-hybridized carbons (Fsp3) is 0.125. The molecule has 10 heteroatoms. The first-order valence-electron chi connectivity index (χ1n) is 4.66. The molecule has 18 heavy (non-hydrogen) atoms. The summed E-state index contributed by atoms with van der Waals surface area (Å²) in [6, 6.07) is 1.33. The molecule has 2 aromatic rings. The summed E-state index contributed by atoms with van der Waals surface area (Å²) in [6.07, 6.45) is 2.40. The van der Waals surface area contributed by atoms with Crippen LogP contribution in [0.3, 0.4) is 0 Å². The van der Waals surface area contributed by atoms with Crippen LogP contribution in [0, 0.1) is 0 Å². The summed E-state index contributed by atoms with van der Waals surface area (Å²) in [4.78, 5) is 11.4. The van der Waals surface area contributed by atoms with Gasteiger partial charge in [0.1, 0.15) is 11.2 Å². The highest BCUT2D eigenvalue weighted by Crippen LogP contribution is 2.17. The zero-order valence-electron chi connectivity index (χ0n) is 9.19. The Morgan fingerprint density at radius 2 is 2.28 bits per heavy atom. The van der Waals surface area contributed by atoms with Gasteiger partial charge in [-0.1, -0.05) is 5.16 Å². The average Bonchev–Trinajstić information content (AvgIpc) is 2.85. The number of nitrogens with one attached hydrogen (secondary N) is 1. The highest BCUT2D eigenvalue weighted by atomic mass is 32.2. The Labute approximate surface area is 102 Å². The number of rotatable bonds is 3. The second-order valence-electron chi connectivity index (χ2n) is 3.40. The van der Waals surface area contributed by atoms with Crippen molar-refractivity contribution in [2.75, 3.05) is 5.32 Å². The zero-order chi connectivity index (χ0) is 13.3. The van der Waals surface area contributed by atoms with Crippen molar-refractivity contribution >= 4 is 21.7 Å². The molecule has 0 fully saturated rings. The number of sulfonamides is 1. The lowest BCUT2D eigenvalue weighted by Gasteiger charge is -2.00. The zero-order valence-corrected chi connectivity index (χ0v) is 10.0. The first kappa shape index (κ1) is 12.3. The number of amides is 1. The predicted molar refractivity (Wildman–Crippen MR) is 59.0 cm³/mol. The highest BCUT2D eigenvalue weighted by molar-refractivity contribution is 7.89. The molecule has 2 aromatic heterocycles. The van der Waals surface area contributed by atoms with Gasteiger partial charge in [-0.2, -0.15) is 5.10 Å². The molecule has 3 N–H and O–H groups in total. The third-order valence-electron chi connectivity index (χ3n) is 2.00. The smallest absolute Gasteiger partial charge is 0.279 e. The van der Waals surface area contributed by atoms with Crippen LogP contribution in [0.2, 0.25) is 0 Å². The molecule has 2 rings (SSSR count). The molecule has 0 spiro atoms. The van der Waals surface area contributed by atoms with Gasteiger partial charge in [0, 0.05) is 19.3 Å². The first-order valence-corrected chi connectivity index (χ1v) is 6.21. The van der Waals surface area contributed by atoms with Gasteiger partial charge in [-0.25, -0.2) is 13.6 Å². The molecule has 0 saturated heterocycles. The molecule has 96 valence electrons. The van der Waals surface area contributed by atoms with Crippen molar-refractivity contribution in [1.82, 2.24) is 14.9 Å². The Morgan fingerprint density at radius 3 is 2.83 bits per heavy atom. The molecule has 9 nitrogen and oxygen atoms in total. The monoisotopic (exact) mass is 271 g/mol. The van der Waals surface area contributed by atoms with Gasteiger partial charge in [-0.15, -0.1) is 0 Å². The third-order valence-corrected chi connectivity index (χ3v) is 2.92. The second kappa shape index (κ2) is 4.23. The SMILES string of the molecule is Cn1cc(S(N)(=O)=O)c(NC(=O)c2ccon2)n1. The fourth-order valence-corrected chi connectivity index (χ4v) is 1.92. The van der Waals surface area contributed by atoms with E-state index in [1.807, 2.05) is 0 Å². The predicted octanol–water partition coefficient (Wildman–Crippen LogP) is -0.692. The van der Waals surface area contributed by atoms with Crippen molar-refractivity contribution in [2.45, 2.75) is 4.90 Å². The van der Waals surface area contributed by atoms with E-state index in [1.165, 1.54) is 30.3 Å². The van der Waals surface area contributed by atoms with E-state index in [2.05, 4.69) is 20.1 Å². The topological polar surface area (TPSA) is 133 Å². The molecule has 0 unspecified atom stereocenters. The van der Waals surface area contributed by atoms with Gasteiger partial charge in [0.15, 0.2) is 11.5 Å². The Balaban J connectivity index is 2.33. The maximum Gasteiger partial charge on any atom is 0.279 e. The highest BCUT2D eigenvalue weighted by Gasteiger charge is 2.21. The lowest BCUT2D eigenvalue weighted by atomic mass is 10.4. The van der Waals surface area contributed by atoms with Gasteiger partial charge < -0.3 is 9.84 Å². The number of nitrogens with zero attached hydrogens (tertiary/aromatic N) is 3. The van der Waals surface area contributed by atoms with Gasteiger partial charge in [0.2, 0.25) is 10.0 Å². The molecule has 0 aromatic carbocycles. The van der Waals surface area contributed by atoms with Crippen LogP contribution < -0.4 is 10.5 Å². The summed E-state index contributed by atoms with van der Waals surface area (Å²) in [5.74, 6) is -0.805. The summed E-state index contributed by atoms with van der Waals surface area (Å²) in [5.41, 5.74) is 0.000947. The molecule has 0 saturated carbocycles. The summed E-state index contributed by atoms with van der Waals surface area (Å²) in [5, 5.41) is 14.5. The van der Waals surface area contributed by atoms with Crippen LogP contribution in [0.1, 0.15) is 10.5 Å². The maximum absolute atomic E-state index is 11.6. The number of carbonyl (C=O) groups is 1. The summed E-state index contributed by atoms with van der Waals surface area (Å²) >= 11 is 0. The van der Waals surface area contributed by atoms with Crippen LogP contribution in [0.5, 0.6) is 0 Å². The Kier molecular flexibility index (Phi) is 2.88. The van der Waals surface area contributed by atoms with Gasteiger partial charge in [-0.05, 0) is 0 Å². The number of anilines is 1. The van der Waals surface area contributed by atoms with Crippen molar-refractivity contribution < 1.29 is 17.7 Å². The van der Waals surface area contributed by atoms with Gasteiger partial charge in [0.25, 0.3) is 5.91 Å². The molecule has 0 aliphatic rings. The number of aryl methyl sites for hydroxylation is 1. The van der Waals surface area contributed by atoms with Crippen LogP contribution in [-0.4, -0.2) is 29.3 Å². The molecule has 0 bridgehead atoms. The van der Waals surface area contributed by atoms with E-state index in [1.54, 1.807) is 0 Å². The maximum atomic E-state index is 11.6. The molecule has 2 heterocycles. The van der Waals surface area contributed by atoms with Gasteiger partial charge in [0.05, 0.1) is 0 Å². The van der Waals surface area contributed by atoms with E-state index < -0.39 is 15.9 Å². The largest absolute Gasteiger partial charge is 0.364 e. The number of carbonyl (C=O) groups excluding carboxylic acids is 1. The van der Waals surface area contributed by atoms with Crippen LogP contribution in [-0.2, 0) is 17.1 Å². The molecule has 0 radical (unpaired) electrons. The second-order valence-corrected chi connectivity index (χ2v) is 4.93. The number of aromatic nitrogens is 3. The van der Waals surface area contributed by atoms with Crippen molar-refractivity contribution in [3.8, 4) is 0 Å². The lowest BCUT2D eigenvalue weighted by molar-refractivity contribution is 0.101. The quantitative estimate of drug-likeness (QED) is 0.758. The number of hydrogen-bond acceptors (Lipinski definition) is 6. The van der Waals surface area contributed by atoms with E-state index >= 15 is 0 Å². The van der Waals surface area contributed by atoms with Crippen LogP contribution in [0.15, 0.2) is 27.9 Å². The molecular weight excluding hydrogens is 262 g/mol. The van der Waals surface area contributed by atoms with Gasteiger partial charge in [-0.3, -0.25) is 9.48 Å². The van der Waals surface area contributed by atoms with E-state index in [4.69, 9.17) is 5.14 Å². The van der Waals surface area contributed by atoms with E-state index in [9.17, 15) is 13.2 Å². The van der Waals surface area contributed by atoms with E-state index in [0.29, 0.717) is 0 Å². The minimum Gasteiger partial charge on any atom is -0.364 e. The van der Waals surface area contributed by atoms with Crippen LogP contribution >= 0.6 is 0 Å². The van der Waals surface area contributed by atoms with Gasteiger partial charge >= 0.3 is 0 Å². The van der Waals surface area contributed by atoms with Crippen LogP contribution in [0.25, 0.3) is 0 Å². The van der Waals surface area contributed by atoms with Crippen molar-refractivity contribution in [2.24, 2.45) is 12.2 Å². The van der Waals surface area contributed by atoms with Crippen molar-refractivity contribution in [1.29, 1.82) is 0 Å². The lowest BCUT2D eigenvalue weighted by Crippen LogP contribution is -2.18. The average molecular weight is 271 g/mol. The molecule has 0 aliphatic carbocycles. The number of nitrogens with two attached hydrogens (primary N) is 1. The molecular formula is C8H9N5O4S. The van der Waals surface area contributed by atoms with E-state index in [0.717, 1.165) is 0 Å². The third kappa shape index (κ3) is 2.38. The summed E-state index contributed by atoms with van der Waals surface area (Å²) in [6.45, 7) is 0. The Bertz CT molecular complexity index is 672. The Hall–Kier alpha value is -2.20. The molecule has 0 aliphatic heterocycles. The number of hydrogen-bond donors (Lipinski definition) is 2. The number of primary sulfonamides is 1. The first-order chi connectivity index (χ1) is 8.38. The minimum absolute atomic E-state index is 0.000947. The van der Waals surface area contributed by atoms with Crippen molar-refractivity contribution in [3.63, 3.8) is 0 Å². The molecule has 1 amide bonds. The normalized spacial score (nSPS) is 11.4. The minimum atomic E-state index is -3.97. The summed E-state index contributed by atoms with van der Waals surface area (Å²) in [7, 11) is -2.47. The van der Waals surface area contributed by atoms with Crippen molar-refractivity contribution in [3.05, 3.63) is 24.2 Å².